The summed E-state index contributed by atoms with van der Waals surface area (Å²) in [5.74, 6) is -0.0648. The van der Waals surface area contributed by atoms with E-state index >= 15 is 0 Å². The summed E-state index contributed by atoms with van der Waals surface area (Å²) >= 11 is 0. The summed E-state index contributed by atoms with van der Waals surface area (Å²) in [5.41, 5.74) is 2.97. The molecule has 1 aromatic heterocycles. The van der Waals surface area contributed by atoms with Crippen molar-refractivity contribution in [3.05, 3.63) is 35.5 Å². The molecule has 0 saturated heterocycles. The van der Waals surface area contributed by atoms with E-state index in [1.807, 2.05) is 13.0 Å². The summed E-state index contributed by atoms with van der Waals surface area (Å²) in [6.07, 6.45) is 0.827. The average Bonchev–Trinajstić information content (AvgIpc) is 2.89. The summed E-state index contributed by atoms with van der Waals surface area (Å²) in [4.78, 5) is 15.4. The Kier molecular flexibility index (Phi) is 5.24. The first-order valence-corrected chi connectivity index (χ1v) is 7.91. The van der Waals surface area contributed by atoms with Crippen LogP contribution in [0.1, 0.15) is 50.2 Å². The fourth-order valence-electron chi connectivity index (χ4n) is 2.33. The number of hydrogen-bond donors (Lipinski definition) is 2. The molecule has 0 radical (unpaired) electrons. The molecule has 0 unspecified atom stereocenters. The van der Waals surface area contributed by atoms with Crippen LogP contribution in [0, 0.1) is 0 Å². The van der Waals surface area contributed by atoms with Crippen molar-refractivity contribution in [3.63, 3.8) is 0 Å². The first-order valence-electron chi connectivity index (χ1n) is 7.91. The van der Waals surface area contributed by atoms with Gasteiger partial charge in [0.15, 0.2) is 0 Å². The molecule has 4 nitrogen and oxygen atoms in total. The molecular formula is C18H26N2O2. The summed E-state index contributed by atoms with van der Waals surface area (Å²) in [5, 5.41) is 3.98. The fourth-order valence-corrected chi connectivity index (χ4v) is 2.33. The number of aromatic nitrogens is 1. The van der Waals surface area contributed by atoms with Gasteiger partial charge < -0.3 is 15.0 Å². The Balaban J connectivity index is 2.04. The van der Waals surface area contributed by atoms with Crippen molar-refractivity contribution < 1.29 is 9.53 Å². The maximum atomic E-state index is 12.1. The second kappa shape index (κ2) is 6.97. The Labute approximate surface area is 132 Å². The number of fused-ring (bicyclic) bond motifs is 1. The van der Waals surface area contributed by atoms with Crippen molar-refractivity contribution in [3.8, 4) is 0 Å². The number of rotatable bonds is 6. The standard InChI is InChI=1S/C18H26N2O2/c1-5-22-10-6-9-19-17(21)16-11-13-7-8-14(18(2,3)4)12-15(13)20-16/h7-8,11-12,20H,5-6,9-10H2,1-4H3,(H,19,21). The lowest BCUT2D eigenvalue weighted by molar-refractivity contribution is 0.0940. The van der Waals surface area contributed by atoms with Crippen LogP contribution in [0.3, 0.4) is 0 Å². The number of aromatic amines is 1. The number of hydrogen-bond acceptors (Lipinski definition) is 2. The molecule has 2 rings (SSSR count). The number of H-pyrrole nitrogens is 1. The molecular weight excluding hydrogens is 276 g/mol. The lowest BCUT2D eigenvalue weighted by atomic mass is 9.87. The molecule has 2 aromatic rings. The van der Waals surface area contributed by atoms with Gasteiger partial charge in [-0.1, -0.05) is 32.9 Å². The van der Waals surface area contributed by atoms with Crippen LogP contribution in [0.25, 0.3) is 10.9 Å². The molecule has 1 heterocycles. The molecule has 22 heavy (non-hydrogen) atoms. The van der Waals surface area contributed by atoms with Crippen molar-refractivity contribution in [2.45, 2.75) is 39.5 Å². The van der Waals surface area contributed by atoms with Crippen LogP contribution >= 0.6 is 0 Å². The zero-order valence-electron chi connectivity index (χ0n) is 14.0. The number of carbonyl (C=O) groups excluding carboxylic acids is 1. The van der Waals surface area contributed by atoms with Crippen molar-refractivity contribution in [2.75, 3.05) is 19.8 Å². The molecule has 1 aromatic carbocycles. The smallest absolute Gasteiger partial charge is 0.267 e. The third-order valence-electron chi connectivity index (χ3n) is 3.69. The fraction of sp³-hybridized carbons (Fsp3) is 0.500. The van der Waals surface area contributed by atoms with E-state index in [9.17, 15) is 4.79 Å². The topological polar surface area (TPSA) is 54.1 Å². The Morgan fingerprint density at radius 2 is 2.05 bits per heavy atom. The second-order valence-corrected chi connectivity index (χ2v) is 6.54. The maximum absolute atomic E-state index is 12.1. The van der Waals surface area contributed by atoms with Gasteiger partial charge in [0.25, 0.3) is 5.91 Å². The SMILES string of the molecule is CCOCCCNC(=O)c1cc2ccc(C(C)(C)C)cc2[nH]1. The number of nitrogens with one attached hydrogen (secondary N) is 2. The van der Waals surface area contributed by atoms with E-state index < -0.39 is 0 Å². The highest BCUT2D eigenvalue weighted by molar-refractivity contribution is 5.98. The van der Waals surface area contributed by atoms with Crippen molar-refractivity contribution >= 4 is 16.8 Å². The van der Waals surface area contributed by atoms with Crippen LogP contribution in [0.2, 0.25) is 0 Å². The molecule has 0 atom stereocenters. The Morgan fingerprint density at radius 3 is 2.73 bits per heavy atom. The minimum atomic E-state index is -0.0648. The van der Waals surface area contributed by atoms with Crippen molar-refractivity contribution in [2.24, 2.45) is 0 Å². The molecule has 0 bridgehead atoms. The molecule has 0 aliphatic rings. The van der Waals surface area contributed by atoms with Crippen LogP contribution in [-0.2, 0) is 10.2 Å². The van der Waals surface area contributed by atoms with Gasteiger partial charge in [0.2, 0.25) is 0 Å². The highest BCUT2D eigenvalue weighted by Crippen LogP contribution is 2.26. The van der Waals surface area contributed by atoms with Crippen LogP contribution in [-0.4, -0.2) is 30.6 Å². The molecule has 120 valence electrons. The molecule has 2 N–H and O–H groups in total. The highest BCUT2D eigenvalue weighted by atomic mass is 16.5. The van der Waals surface area contributed by atoms with E-state index in [1.54, 1.807) is 0 Å². The van der Waals surface area contributed by atoms with Crippen LogP contribution in [0.15, 0.2) is 24.3 Å². The van der Waals surface area contributed by atoms with Gasteiger partial charge in [-0.15, -0.1) is 0 Å². The Hall–Kier alpha value is -1.81. The molecule has 0 spiro atoms. The first kappa shape index (κ1) is 16.6. The number of carbonyl (C=O) groups is 1. The van der Waals surface area contributed by atoms with Gasteiger partial charge in [0.05, 0.1) is 0 Å². The van der Waals surface area contributed by atoms with E-state index in [2.05, 4.69) is 49.3 Å². The zero-order valence-corrected chi connectivity index (χ0v) is 14.0. The summed E-state index contributed by atoms with van der Waals surface area (Å²) in [7, 11) is 0. The third kappa shape index (κ3) is 4.10. The van der Waals surface area contributed by atoms with Gasteiger partial charge in [-0.3, -0.25) is 4.79 Å². The third-order valence-corrected chi connectivity index (χ3v) is 3.69. The predicted molar refractivity (Wildman–Crippen MR) is 90.4 cm³/mol. The quantitative estimate of drug-likeness (QED) is 0.801. The monoisotopic (exact) mass is 302 g/mol. The number of amides is 1. The van der Waals surface area contributed by atoms with E-state index in [0.717, 1.165) is 17.3 Å². The van der Waals surface area contributed by atoms with E-state index in [0.29, 0.717) is 25.5 Å². The van der Waals surface area contributed by atoms with Gasteiger partial charge in [0, 0.05) is 30.7 Å². The summed E-state index contributed by atoms with van der Waals surface area (Å²) in [6, 6.07) is 8.22. The van der Waals surface area contributed by atoms with Crippen LogP contribution in [0.5, 0.6) is 0 Å². The second-order valence-electron chi connectivity index (χ2n) is 6.54. The number of ether oxygens (including phenoxy) is 1. The Morgan fingerprint density at radius 1 is 1.27 bits per heavy atom. The molecule has 0 saturated carbocycles. The number of benzene rings is 1. The van der Waals surface area contributed by atoms with Gasteiger partial charge in [-0.2, -0.15) is 0 Å². The summed E-state index contributed by atoms with van der Waals surface area (Å²) < 4.78 is 5.25. The average molecular weight is 302 g/mol. The highest BCUT2D eigenvalue weighted by Gasteiger charge is 2.15. The van der Waals surface area contributed by atoms with E-state index in [4.69, 9.17) is 4.74 Å². The zero-order chi connectivity index (χ0) is 16.2. The lowest BCUT2D eigenvalue weighted by Gasteiger charge is -2.18. The maximum Gasteiger partial charge on any atom is 0.267 e. The van der Waals surface area contributed by atoms with Gasteiger partial charge in [0.1, 0.15) is 5.69 Å². The van der Waals surface area contributed by atoms with Gasteiger partial charge in [-0.25, -0.2) is 0 Å². The first-order chi connectivity index (χ1) is 10.4. The Bertz CT molecular complexity index is 638. The normalized spacial score (nSPS) is 11.8. The minimum absolute atomic E-state index is 0.0648. The van der Waals surface area contributed by atoms with E-state index in [1.165, 1.54) is 5.56 Å². The molecule has 0 aliphatic heterocycles. The molecule has 0 fully saturated rings. The van der Waals surface area contributed by atoms with Crippen LogP contribution in [0.4, 0.5) is 0 Å². The van der Waals surface area contributed by atoms with Gasteiger partial charge >= 0.3 is 0 Å². The summed E-state index contributed by atoms with van der Waals surface area (Å²) in [6.45, 7) is 10.5. The van der Waals surface area contributed by atoms with Crippen LogP contribution < -0.4 is 5.32 Å². The minimum Gasteiger partial charge on any atom is -0.382 e. The predicted octanol–water partition coefficient (Wildman–Crippen LogP) is 3.62. The molecule has 4 heteroatoms. The van der Waals surface area contributed by atoms with Crippen molar-refractivity contribution in [1.82, 2.24) is 10.3 Å². The largest absolute Gasteiger partial charge is 0.382 e. The van der Waals surface area contributed by atoms with Gasteiger partial charge in [-0.05, 0) is 36.5 Å². The van der Waals surface area contributed by atoms with E-state index in [-0.39, 0.29) is 11.3 Å². The molecule has 0 aliphatic carbocycles. The van der Waals surface area contributed by atoms with Crippen molar-refractivity contribution in [1.29, 1.82) is 0 Å². The lowest BCUT2D eigenvalue weighted by Crippen LogP contribution is -2.25. The molecule has 1 amide bonds.